The van der Waals surface area contributed by atoms with Gasteiger partial charge in [0, 0.05) is 12.1 Å². The summed E-state index contributed by atoms with van der Waals surface area (Å²) in [5, 5.41) is 12.8. The van der Waals surface area contributed by atoms with Gasteiger partial charge in [-0.3, -0.25) is 10.1 Å². The van der Waals surface area contributed by atoms with E-state index in [0.717, 1.165) is 6.07 Å². The first-order valence-electron chi connectivity index (χ1n) is 2.92. The zero-order valence-corrected chi connectivity index (χ0v) is 6.49. The third-order valence-electron chi connectivity index (χ3n) is 1.24. The molecule has 0 radical (unpaired) electrons. The van der Waals surface area contributed by atoms with Gasteiger partial charge in [-0.2, -0.15) is 0 Å². The molecule has 1 aromatic rings. The molecule has 1 aromatic carbocycles. The standard InChI is InChI=1S/C6H3ClN2O3/c7-5-2-1-4(9(11)12)3-6(5)8-10/h1-3H. The fraction of sp³-hybridized carbons (Fsp3) is 0. The molecule has 5 nitrogen and oxygen atoms in total. The van der Waals surface area contributed by atoms with Gasteiger partial charge in [-0.05, 0) is 11.2 Å². The molecule has 0 aliphatic heterocycles. The lowest BCUT2D eigenvalue weighted by Crippen LogP contribution is -1.86. The molecular weight excluding hydrogens is 184 g/mol. The van der Waals surface area contributed by atoms with Crippen LogP contribution >= 0.6 is 11.6 Å². The molecular formula is C6H3ClN2O3. The van der Waals surface area contributed by atoms with Gasteiger partial charge in [-0.1, -0.05) is 11.6 Å². The maximum atomic E-state index is 10.2. The Labute approximate surface area is 72.1 Å². The molecule has 0 bridgehead atoms. The molecule has 0 aliphatic rings. The molecule has 0 saturated carbocycles. The number of hydrogen-bond acceptors (Lipinski definition) is 4. The minimum absolute atomic E-state index is 0.107. The van der Waals surface area contributed by atoms with Crippen molar-refractivity contribution in [3.8, 4) is 0 Å². The zero-order valence-electron chi connectivity index (χ0n) is 5.73. The van der Waals surface area contributed by atoms with Gasteiger partial charge in [-0.15, -0.1) is 4.91 Å². The Kier molecular flexibility index (Phi) is 2.35. The molecule has 6 heteroatoms. The van der Waals surface area contributed by atoms with Gasteiger partial charge in [0.25, 0.3) is 5.69 Å². The lowest BCUT2D eigenvalue weighted by Gasteiger charge is -1.93. The third-order valence-corrected chi connectivity index (χ3v) is 1.56. The monoisotopic (exact) mass is 186 g/mol. The van der Waals surface area contributed by atoms with Gasteiger partial charge in [0.2, 0.25) is 0 Å². The molecule has 0 unspecified atom stereocenters. The molecule has 12 heavy (non-hydrogen) atoms. The van der Waals surface area contributed by atoms with Crippen LogP contribution in [-0.2, 0) is 0 Å². The SMILES string of the molecule is O=Nc1cc([N+](=O)[O-])ccc1Cl. The quantitative estimate of drug-likeness (QED) is 0.405. The van der Waals surface area contributed by atoms with Crippen molar-refractivity contribution in [1.82, 2.24) is 0 Å². The molecule has 0 saturated heterocycles. The van der Waals surface area contributed by atoms with E-state index in [-0.39, 0.29) is 16.4 Å². The summed E-state index contributed by atoms with van der Waals surface area (Å²) in [5.41, 5.74) is -0.320. The summed E-state index contributed by atoms with van der Waals surface area (Å²) in [4.78, 5) is 19.6. The average molecular weight is 187 g/mol. The van der Waals surface area contributed by atoms with E-state index in [1.807, 2.05) is 0 Å². The van der Waals surface area contributed by atoms with E-state index < -0.39 is 4.92 Å². The number of benzene rings is 1. The summed E-state index contributed by atoms with van der Waals surface area (Å²) < 4.78 is 0. The molecule has 0 aliphatic carbocycles. The first kappa shape index (κ1) is 8.61. The van der Waals surface area contributed by atoms with Crippen LogP contribution < -0.4 is 0 Å². The number of rotatable bonds is 2. The number of non-ortho nitro benzene ring substituents is 1. The molecule has 0 fully saturated rings. The highest BCUT2D eigenvalue weighted by Gasteiger charge is 2.09. The largest absolute Gasteiger partial charge is 0.271 e. The minimum Gasteiger partial charge on any atom is -0.258 e. The van der Waals surface area contributed by atoms with E-state index in [2.05, 4.69) is 5.18 Å². The van der Waals surface area contributed by atoms with Crippen molar-refractivity contribution >= 4 is 23.0 Å². The Balaban J connectivity index is 3.22. The topological polar surface area (TPSA) is 72.6 Å². The van der Waals surface area contributed by atoms with Gasteiger partial charge in [0.15, 0.2) is 0 Å². The lowest BCUT2D eigenvalue weighted by atomic mass is 10.3. The molecule has 62 valence electrons. The van der Waals surface area contributed by atoms with Crippen molar-refractivity contribution in [3.05, 3.63) is 38.2 Å². The summed E-state index contributed by atoms with van der Waals surface area (Å²) in [5.74, 6) is 0. The van der Waals surface area contributed by atoms with Crippen LogP contribution in [0, 0.1) is 15.0 Å². The van der Waals surface area contributed by atoms with Crippen molar-refractivity contribution < 1.29 is 4.92 Å². The Hall–Kier alpha value is -1.49. The second-order valence-electron chi connectivity index (χ2n) is 1.98. The minimum atomic E-state index is -0.620. The number of halogens is 1. The number of nitro groups is 1. The fourth-order valence-electron chi connectivity index (χ4n) is 0.685. The molecule has 0 amide bonds. The van der Waals surface area contributed by atoms with Crippen LogP contribution in [-0.4, -0.2) is 4.92 Å². The molecule has 0 N–H and O–H groups in total. The second kappa shape index (κ2) is 3.27. The predicted octanol–water partition coefficient (Wildman–Crippen LogP) is 2.65. The molecule has 0 aromatic heterocycles. The van der Waals surface area contributed by atoms with Crippen molar-refractivity contribution in [2.24, 2.45) is 5.18 Å². The maximum Gasteiger partial charge on any atom is 0.271 e. The van der Waals surface area contributed by atoms with Crippen LogP contribution in [0.1, 0.15) is 0 Å². The van der Waals surface area contributed by atoms with Gasteiger partial charge < -0.3 is 0 Å². The first-order valence-corrected chi connectivity index (χ1v) is 3.30. The van der Waals surface area contributed by atoms with Gasteiger partial charge >= 0.3 is 0 Å². The summed E-state index contributed by atoms with van der Waals surface area (Å²) in [6, 6.07) is 3.49. The fourth-order valence-corrected chi connectivity index (χ4v) is 0.837. The van der Waals surface area contributed by atoms with Crippen LogP contribution in [0.5, 0.6) is 0 Å². The zero-order chi connectivity index (χ0) is 9.14. The van der Waals surface area contributed by atoms with Gasteiger partial charge in [-0.25, -0.2) is 0 Å². The Morgan fingerprint density at radius 1 is 1.50 bits per heavy atom. The van der Waals surface area contributed by atoms with Crippen LogP contribution in [0.3, 0.4) is 0 Å². The number of nitroso groups, excluding NO2 is 1. The van der Waals surface area contributed by atoms with Crippen LogP contribution in [0.4, 0.5) is 11.4 Å². The van der Waals surface area contributed by atoms with Crippen LogP contribution in [0.2, 0.25) is 5.02 Å². The van der Waals surface area contributed by atoms with Crippen LogP contribution in [0.25, 0.3) is 0 Å². The van der Waals surface area contributed by atoms with E-state index in [1.54, 1.807) is 0 Å². The molecule has 1 rings (SSSR count). The van der Waals surface area contributed by atoms with Crippen molar-refractivity contribution in [1.29, 1.82) is 0 Å². The Morgan fingerprint density at radius 3 is 2.67 bits per heavy atom. The summed E-state index contributed by atoms with van der Waals surface area (Å²) >= 11 is 5.48. The molecule has 0 atom stereocenters. The number of nitro benzene ring substituents is 1. The number of hydrogen-bond donors (Lipinski definition) is 0. The highest BCUT2D eigenvalue weighted by Crippen LogP contribution is 2.28. The smallest absolute Gasteiger partial charge is 0.258 e. The van der Waals surface area contributed by atoms with Crippen LogP contribution in [0.15, 0.2) is 23.4 Å². The first-order chi connectivity index (χ1) is 5.65. The lowest BCUT2D eigenvalue weighted by molar-refractivity contribution is -0.384. The van der Waals surface area contributed by atoms with E-state index in [9.17, 15) is 15.0 Å². The number of nitrogens with zero attached hydrogens (tertiary/aromatic N) is 2. The van der Waals surface area contributed by atoms with E-state index in [0.29, 0.717) is 0 Å². The van der Waals surface area contributed by atoms with E-state index in [1.165, 1.54) is 12.1 Å². The molecule has 0 spiro atoms. The Morgan fingerprint density at radius 2 is 2.17 bits per heavy atom. The molecule has 0 heterocycles. The normalized spacial score (nSPS) is 9.42. The summed E-state index contributed by atoms with van der Waals surface area (Å²) in [6.07, 6.45) is 0. The van der Waals surface area contributed by atoms with E-state index in [4.69, 9.17) is 11.6 Å². The second-order valence-corrected chi connectivity index (χ2v) is 2.39. The van der Waals surface area contributed by atoms with Crippen molar-refractivity contribution in [2.45, 2.75) is 0 Å². The highest BCUT2D eigenvalue weighted by molar-refractivity contribution is 6.33. The highest BCUT2D eigenvalue weighted by atomic mass is 35.5. The third kappa shape index (κ3) is 1.57. The van der Waals surface area contributed by atoms with Crippen molar-refractivity contribution in [2.75, 3.05) is 0 Å². The predicted molar refractivity (Wildman–Crippen MR) is 43.6 cm³/mol. The van der Waals surface area contributed by atoms with E-state index >= 15 is 0 Å². The maximum absolute atomic E-state index is 10.2. The van der Waals surface area contributed by atoms with Crippen molar-refractivity contribution in [3.63, 3.8) is 0 Å². The summed E-state index contributed by atoms with van der Waals surface area (Å²) in [6.45, 7) is 0. The van der Waals surface area contributed by atoms with Gasteiger partial charge in [0.05, 0.1) is 9.95 Å². The average Bonchev–Trinajstić information content (AvgIpc) is 2.05. The Bertz CT molecular complexity index is 340. The van der Waals surface area contributed by atoms with Gasteiger partial charge in [0.1, 0.15) is 5.69 Å². The summed E-state index contributed by atoms with van der Waals surface area (Å²) in [7, 11) is 0.